The quantitative estimate of drug-likeness (QED) is 0.817. The van der Waals surface area contributed by atoms with E-state index in [0.717, 1.165) is 10.0 Å². The van der Waals surface area contributed by atoms with Crippen LogP contribution in [-0.2, 0) is 11.3 Å². The Morgan fingerprint density at radius 1 is 1.50 bits per heavy atom. The van der Waals surface area contributed by atoms with Gasteiger partial charge in [-0.15, -0.1) is 0 Å². The summed E-state index contributed by atoms with van der Waals surface area (Å²) < 4.78 is 5.44. The van der Waals surface area contributed by atoms with Crippen LogP contribution in [0, 0.1) is 11.3 Å². The maximum absolute atomic E-state index is 11.4. The number of nitrogens with zero attached hydrogens (tertiary/aromatic N) is 2. The molecule has 22 heavy (non-hydrogen) atoms. The fourth-order valence-electron chi connectivity index (χ4n) is 1.74. The average Bonchev–Trinajstić information content (AvgIpc) is 2.53. The van der Waals surface area contributed by atoms with Crippen molar-refractivity contribution in [1.82, 2.24) is 4.98 Å². The third kappa shape index (κ3) is 3.75. The van der Waals surface area contributed by atoms with Crippen LogP contribution in [0.25, 0.3) is 0 Å². The Labute approximate surface area is 141 Å². The third-order valence-electron chi connectivity index (χ3n) is 2.89. The lowest BCUT2D eigenvalue weighted by molar-refractivity contribution is 0.0600. The van der Waals surface area contributed by atoms with Gasteiger partial charge in [0, 0.05) is 17.2 Å². The maximum Gasteiger partial charge on any atom is 0.337 e. The minimum atomic E-state index is -0.392. The second-order valence-corrected chi connectivity index (χ2v) is 5.58. The topological polar surface area (TPSA) is 75.0 Å². The molecule has 0 unspecified atom stereocenters. The third-order valence-corrected chi connectivity index (χ3v) is 3.92. The number of rotatable bonds is 4. The van der Waals surface area contributed by atoms with Crippen molar-refractivity contribution in [2.45, 2.75) is 6.54 Å². The Balaban J connectivity index is 2.12. The number of nitrogens with one attached hydrogen (secondary N) is 1. The summed E-state index contributed by atoms with van der Waals surface area (Å²) in [6.45, 7) is 0.459. The van der Waals surface area contributed by atoms with Gasteiger partial charge in [0.15, 0.2) is 0 Å². The van der Waals surface area contributed by atoms with E-state index in [1.54, 1.807) is 24.3 Å². The molecule has 0 amide bonds. The van der Waals surface area contributed by atoms with Crippen LogP contribution < -0.4 is 5.32 Å². The van der Waals surface area contributed by atoms with E-state index in [-0.39, 0.29) is 0 Å². The van der Waals surface area contributed by atoms with Crippen molar-refractivity contribution in [3.63, 3.8) is 0 Å². The van der Waals surface area contributed by atoms with Crippen LogP contribution >= 0.6 is 27.5 Å². The molecule has 1 aromatic heterocycles. The van der Waals surface area contributed by atoms with E-state index < -0.39 is 5.97 Å². The predicted octanol–water partition coefficient (Wildman–Crippen LogP) is 3.77. The molecule has 2 aromatic rings. The molecule has 0 aliphatic carbocycles. The summed E-state index contributed by atoms with van der Waals surface area (Å²) in [6, 6.07) is 8.70. The molecule has 0 radical (unpaired) electrons. The standard InChI is InChI=1S/C15H11BrClN3O2/c1-22-15(21)10-2-3-11(12(16)5-10)8-20-14-13(17)4-9(6-18)7-19-14/h2-5,7H,8H2,1H3,(H,19,20). The van der Waals surface area contributed by atoms with Gasteiger partial charge in [-0.1, -0.05) is 33.6 Å². The van der Waals surface area contributed by atoms with Crippen molar-refractivity contribution in [3.05, 3.63) is 56.6 Å². The predicted molar refractivity (Wildman–Crippen MR) is 86.8 cm³/mol. The second kappa shape index (κ2) is 7.25. The summed E-state index contributed by atoms with van der Waals surface area (Å²) in [6.07, 6.45) is 1.45. The Hall–Kier alpha value is -2.10. The Morgan fingerprint density at radius 3 is 2.86 bits per heavy atom. The number of nitriles is 1. The molecule has 0 aliphatic rings. The van der Waals surface area contributed by atoms with Gasteiger partial charge in [0.25, 0.3) is 0 Å². The van der Waals surface area contributed by atoms with Gasteiger partial charge >= 0.3 is 5.97 Å². The van der Waals surface area contributed by atoms with Crippen molar-refractivity contribution < 1.29 is 9.53 Å². The Morgan fingerprint density at radius 2 is 2.27 bits per heavy atom. The number of aromatic nitrogens is 1. The van der Waals surface area contributed by atoms with E-state index in [1.807, 2.05) is 6.07 Å². The SMILES string of the molecule is COC(=O)c1ccc(CNc2ncc(C#N)cc2Cl)c(Br)c1. The molecular weight excluding hydrogens is 370 g/mol. The fourth-order valence-corrected chi connectivity index (χ4v) is 2.50. The molecule has 5 nitrogen and oxygen atoms in total. The highest BCUT2D eigenvalue weighted by atomic mass is 79.9. The molecule has 0 atom stereocenters. The first kappa shape index (κ1) is 16.3. The zero-order chi connectivity index (χ0) is 16.1. The van der Waals surface area contributed by atoms with Crippen molar-refractivity contribution in [2.75, 3.05) is 12.4 Å². The minimum Gasteiger partial charge on any atom is -0.465 e. The van der Waals surface area contributed by atoms with Crippen LogP contribution in [0.15, 0.2) is 34.9 Å². The number of methoxy groups -OCH3 is 1. The Kier molecular flexibility index (Phi) is 5.36. The maximum atomic E-state index is 11.4. The number of carbonyl (C=O) groups is 1. The van der Waals surface area contributed by atoms with Gasteiger partial charge in [-0.05, 0) is 23.8 Å². The van der Waals surface area contributed by atoms with Gasteiger partial charge in [-0.25, -0.2) is 9.78 Å². The number of hydrogen-bond acceptors (Lipinski definition) is 5. The zero-order valence-corrected chi connectivity index (χ0v) is 13.9. The van der Waals surface area contributed by atoms with E-state index in [9.17, 15) is 4.79 Å². The summed E-state index contributed by atoms with van der Waals surface area (Å²) in [7, 11) is 1.34. The van der Waals surface area contributed by atoms with Gasteiger partial charge in [0.1, 0.15) is 11.9 Å². The highest BCUT2D eigenvalue weighted by Gasteiger charge is 2.09. The molecule has 1 N–H and O–H groups in total. The monoisotopic (exact) mass is 379 g/mol. The molecule has 2 rings (SSSR count). The fraction of sp³-hybridized carbons (Fsp3) is 0.133. The summed E-state index contributed by atoms with van der Waals surface area (Å²) in [4.78, 5) is 15.5. The summed E-state index contributed by atoms with van der Waals surface area (Å²) in [5, 5.41) is 12.2. The molecule has 1 aromatic carbocycles. The van der Waals surface area contributed by atoms with E-state index in [0.29, 0.717) is 28.5 Å². The van der Waals surface area contributed by atoms with Crippen molar-refractivity contribution in [1.29, 1.82) is 5.26 Å². The zero-order valence-electron chi connectivity index (χ0n) is 11.6. The lowest BCUT2D eigenvalue weighted by Gasteiger charge is -2.10. The number of carbonyl (C=O) groups excluding carboxylic acids is 1. The van der Waals surface area contributed by atoms with Crippen LogP contribution in [0.2, 0.25) is 5.02 Å². The number of pyridine rings is 1. The number of hydrogen-bond donors (Lipinski definition) is 1. The molecule has 0 spiro atoms. The van der Waals surface area contributed by atoms with Gasteiger partial charge in [0.05, 0.1) is 23.3 Å². The molecule has 0 fully saturated rings. The summed E-state index contributed by atoms with van der Waals surface area (Å²) >= 11 is 9.47. The van der Waals surface area contributed by atoms with E-state index >= 15 is 0 Å². The van der Waals surface area contributed by atoms with E-state index in [1.165, 1.54) is 13.3 Å². The lowest BCUT2D eigenvalue weighted by atomic mass is 10.1. The molecule has 112 valence electrons. The molecule has 0 aliphatic heterocycles. The van der Waals surface area contributed by atoms with Crippen LogP contribution in [0.3, 0.4) is 0 Å². The van der Waals surface area contributed by atoms with Gasteiger partial charge in [0.2, 0.25) is 0 Å². The van der Waals surface area contributed by atoms with Crippen LogP contribution in [0.1, 0.15) is 21.5 Å². The van der Waals surface area contributed by atoms with Crippen molar-refractivity contribution in [2.24, 2.45) is 0 Å². The number of halogens is 2. The lowest BCUT2D eigenvalue weighted by Crippen LogP contribution is -2.05. The highest BCUT2D eigenvalue weighted by Crippen LogP contribution is 2.23. The van der Waals surface area contributed by atoms with Crippen LogP contribution in [0.4, 0.5) is 5.82 Å². The summed E-state index contributed by atoms with van der Waals surface area (Å²) in [5.41, 5.74) is 1.79. The molecule has 1 heterocycles. The molecule has 7 heteroatoms. The van der Waals surface area contributed by atoms with Crippen LogP contribution in [-0.4, -0.2) is 18.1 Å². The van der Waals surface area contributed by atoms with E-state index in [2.05, 4.69) is 31.0 Å². The van der Waals surface area contributed by atoms with Gasteiger partial charge in [-0.2, -0.15) is 5.26 Å². The smallest absolute Gasteiger partial charge is 0.337 e. The van der Waals surface area contributed by atoms with Crippen molar-refractivity contribution >= 4 is 39.3 Å². The largest absolute Gasteiger partial charge is 0.465 e. The Bertz CT molecular complexity index is 759. The summed E-state index contributed by atoms with van der Waals surface area (Å²) in [5.74, 6) is 0.0987. The van der Waals surface area contributed by atoms with E-state index in [4.69, 9.17) is 16.9 Å². The highest BCUT2D eigenvalue weighted by molar-refractivity contribution is 9.10. The molecular formula is C15H11BrClN3O2. The first-order valence-electron chi connectivity index (χ1n) is 6.21. The number of esters is 1. The minimum absolute atomic E-state index is 0.376. The first-order valence-corrected chi connectivity index (χ1v) is 7.38. The molecule has 0 saturated heterocycles. The van der Waals surface area contributed by atoms with Gasteiger partial charge < -0.3 is 10.1 Å². The normalized spacial score (nSPS) is 9.91. The molecule has 0 bridgehead atoms. The van der Waals surface area contributed by atoms with Crippen molar-refractivity contribution in [3.8, 4) is 6.07 Å². The number of benzene rings is 1. The second-order valence-electron chi connectivity index (χ2n) is 4.32. The van der Waals surface area contributed by atoms with Gasteiger partial charge in [-0.3, -0.25) is 0 Å². The molecule has 0 saturated carbocycles. The number of anilines is 1. The average molecular weight is 381 g/mol. The van der Waals surface area contributed by atoms with Crippen LogP contribution in [0.5, 0.6) is 0 Å². The number of ether oxygens (including phenoxy) is 1. The first-order chi connectivity index (χ1) is 10.5.